The molecule has 0 spiro atoms. The highest BCUT2D eigenvalue weighted by molar-refractivity contribution is 7.80. The Morgan fingerprint density at radius 3 is 1.55 bits per heavy atom. The van der Waals surface area contributed by atoms with Crippen molar-refractivity contribution >= 4 is 16.4 Å². The zero-order chi connectivity index (χ0) is 48.2. The zero-order valence-electron chi connectivity index (χ0n) is 40.7. The fourth-order valence-electron chi connectivity index (χ4n) is 7.20. The predicted octanol–water partition coefficient (Wildman–Crippen LogP) is 11.6. The van der Waals surface area contributed by atoms with Gasteiger partial charge in [-0.3, -0.25) is 9.35 Å². The summed E-state index contributed by atoms with van der Waals surface area (Å²) in [6, 6.07) is 0. The van der Waals surface area contributed by atoms with Crippen LogP contribution in [0.1, 0.15) is 181 Å². The van der Waals surface area contributed by atoms with Crippen LogP contribution in [0, 0.1) is 0 Å². The molecule has 0 amide bonds. The summed E-state index contributed by atoms with van der Waals surface area (Å²) in [4.78, 5) is 12.9. The van der Waals surface area contributed by atoms with Crippen LogP contribution in [-0.4, -0.2) is 97.5 Å². The molecule has 0 radical (unpaired) electrons. The first-order valence-electron chi connectivity index (χ1n) is 25.3. The highest BCUT2D eigenvalue weighted by Gasteiger charge is 2.48. The summed E-state index contributed by atoms with van der Waals surface area (Å²) in [6.07, 6.45) is 48.9. The van der Waals surface area contributed by atoms with Crippen molar-refractivity contribution in [1.29, 1.82) is 0 Å². The molecule has 1 saturated heterocycles. The lowest BCUT2D eigenvalue weighted by atomic mass is 9.99. The van der Waals surface area contributed by atoms with Crippen molar-refractivity contribution in [2.24, 2.45) is 0 Å². The molecule has 0 saturated carbocycles. The van der Waals surface area contributed by atoms with Gasteiger partial charge < -0.3 is 34.3 Å². The van der Waals surface area contributed by atoms with E-state index in [1.165, 1.54) is 44.9 Å². The van der Waals surface area contributed by atoms with Gasteiger partial charge in [-0.15, -0.1) is 0 Å². The van der Waals surface area contributed by atoms with Crippen LogP contribution in [0.4, 0.5) is 0 Å². The summed E-state index contributed by atoms with van der Waals surface area (Å²) in [7, 11) is -5.07. The minimum Gasteiger partial charge on any atom is -0.457 e. The third kappa shape index (κ3) is 36.3. The van der Waals surface area contributed by atoms with Crippen LogP contribution in [0.25, 0.3) is 0 Å². The molecule has 6 unspecified atom stereocenters. The molecule has 1 aliphatic rings. The molecule has 4 N–H and O–H groups in total. The Hall–Kier alpha value is -2.72. The van der Waals surface area contributed by atoms with Crippen LogP contribution in [0.2, 0.25) is 0 Å². The van der Waals surface area contributed by atoms with Crippen LogP contribution >= 0.6 is 0 Å². The first kappa shape index (κ1) is 61.3. The molecule has 13 heteroatoms. The number of esters is 1. The molecule has 0 aromatic rings. The van der Waals surface area contributed by atoms with Crippen molar-refractivity contribution in [3.05, 3.63) is 85.1 Å². The Morgan fingerprint density at radius 2 is 1.05 bits per heavy atom. The molecule has 1 fully saturated rings. The lowest BCUT2D eigenvalue weighted by molar-refractivity contribution is -0.301. The van der Waals surface area contributed by atoms with E-state index in [4.69, 9.17) is 18.9 Å². The largest absolute Gasteiger partial charge is 0.457 e. The van der Waals surface area contributed by atoms with Gasteiger partial charge in [-0.1, -0.05) is 170 Å². The molecule has 380 valence electrons. The molecule has 1 rings (SSSR count). The first-order valence-corrected chi connectivity index (χ1v) is 26.7. The van der Waals surface area contributed by atoms with Gasteiger partial charge in [0.2, 0.25) is 0 Å². The third-order valence-electron chi connectivity index (χ3n) is 11.0. The zero-order valence-corrected chi connectivity index (χ0v) is 41.5. The van der Waals surface area contributed by atoms with E-state index >= 15 is 0 Å². The number of aliphatic hydroxyl groups is 3. The van der Waals surface area contributed by atoms with Gasteiger partial charge in [-0.25, -0.2) is 4.18 Å². The summed E-state index contributed by atoms with van der Waals surface area (Å²) < 4.78 is 59.2. The second kappa shape index (κ2) is 43.6. The number of rotatable bonds is 43. The molecule has 1 heterocycles. The van der Waals surface area contributed by atoms with E-state index in [2.05, 4.69) is 103 Å². The molecule has 12 nitrogen and oxygen atoms in total. The average Bonchev–Trinajstić information content (AvgIpc) is 3.29. The van der Waals surface area contributed by atoms with Crippen molar-refractivity contribution in [2.75, 3.05) is 26.4 Å². The monoisotopic (exact) mass is 951 g/mol. The number of carbonyl (C=O) groups excluding carboxylic acids is 1. The Balaban J connectivity index is 2.37. The minimum absolute atomic E-state index is 0.0209. The van der Waals surface area contributed by atoms with E-state index in [1.807, 2.05) is 0 Å². The van der Waals surface area contributed by atoms with Crippen molar-refractivity contribution in [3.8, 4) is 0 Å². The van der Waals surface area contributed by atoms with E-state index in [-0.39, 0.29) is 19.6 Å². The summed E-state index contributed by atoms with van der Waals surface area (Å²) >= 11 is 0. The summed E-state index contributed by atoms with van der Waals surface area (Å²) in [6.45, 7) is 3.82. The number of ether oxygens (including phenoxy) is 4. The maximum Gasteiger partial charge on any atom is 0.397 e. The number of hydrogen-bond acceptors (Lipinski definition) is 11. The predicted molar refractivity (Wildman–Crippen MR) is 266 cm³/mol. The molecule has 1 aliphatic heterocycles. The Labute approximate surface area is 400 Å². The van der Waals surface area contributed by atoms with E-state index in [0.717, 1.165) is 109 Å². The van der Waals surface area contributed by atoms with E-state index in [1.54, 1.807) is 0 Å². The molecule has 66 heavy (non-hydrogen) atoms. The number of unbranched alkanes of at least 4 members (excludes halogenated alkanes) is 16. The van der Waals surface area contributed by atoms with Crippen LogP contribution < -0.4 is 0 Å². The van der Waals surface area contributed by atoms with Crippen molar-refractivity contribution in [1.82, 2.24) is 0 Å². The van der Waals surface area contributed by atoms with E-state index in [9.17, 15) is 33.1 Å². The van der Waals surface area contributed by atoms with E-state index in [0.29, 0.717) is 13.0 Å². The van der Waals surface area contributed by atoms with Gasteiger partial charge in [0.15, 0.2) is 6.29 Å². The van der Waals surface area contributed by atoms with Crippen LogP contribution in [0.15, 0.2) is 85.1 Å². The third-order valence-corrected chi connectivity index (χ3v) is 11.5. The standard InChI is InChI=1S/C53H90O12S/c1-3-5-7-9-11-13-15-17-19-20-21-22-23-24-25-26-27-28-29-30-32-34-36-38-40-42-49(55)63-47(45-61-43-41-39-37-35-33-31-18-16-14-12-10-8-6-4-2)46-62-53-51(57)52(65-66(58,59)60)50(56)48(44-54)64-53/h5,7,11,13-14,16-17,19,21-22,24-25,27-28,47-48,50-54,56-57H,3-4,6,8-10,12,15,18,20,23,26,29-46H2,1-2H3,(H,58,59,60)/b7-5-,13-11-,16-14-,19-17-,22-21-,25-24-,28-27-. The van der Waals surface area contributed by atoms with Crippen molar-refractivity contribution in [2.45, 2.75) is 218 Å². The highest BCUT2D eigenvalue weighted by Crippen LogP contribution is 2.26. The number of carbonyl (C=O) groups is 1. The minimum atomic E-state index is -5.07. The van der Waals surface area contributed by atoms with Gasteiger partial charge >= 0.3 is 16.4 Å². The second-order valence-electron chi connectivity index (χ2n) is 17.0. The van der Waals surface area contributed by atoms with Gasteiger partial charge in [-0.05, 0) is 89.9 Å². The summed E-state index contributed by atoms with van der Waals surface area (Å²) in [5, 5.41) is 30.7. The van der Waals surface area contributed by atoms with Gasteiger partial charge in [0, 0.05) is 13.0 Å². The number of aliphatic hydroxyl groups excluding tert-OH is 3. The Morgan fingerprint density at radius 1 is 0.591 bits per heavy atom. The molecule has 6 atom stereocenters. The molecule has 0 bridgehead atoms. The van der Waals surface area contributed by atoms with Crippen LogP contribution in [0.3, 0.4) is 0 Å². The molecule has 0 aliphatic carbocycles. The van der Waals surface area contributed by atoms with Crippen molar-refractivity contribution < 1.29 is 56.2 Å². The Kier molecular flexibility index (Phi) is 40.4. The van der Waals surface area contributed by atoms with E-state index < -0.39 is 59.8 Å². The lowest BCUT2D eigenvalue weighted by Gasteiger charge is -2.41. The highest BCUT2D eigenvalue weighted by atomic mass is 32.3. The molecular weight excluding hydrogens is 861 g/mol. The fraction of sp³-hybridized carbons (Fsp3) is 0.717. The average molecular weight is 951 g/mol. The number of allylic oxidation sites excluding steroid dienone is 14. The van der Waals surface area contributed by atoms with Crippen molar-refractivity contribution in [3.63, 3.8) is 0 Å². The normalized spacial score (nSPS) is 20.2. The molecule has 0 aromatic heterocycles. The topological polar surface area (TPSA) is 178 Å². The second-order valence-corrected chi connectivity index (χ2v) is 18.1. The SMILES string of the molecule is CC/C=C\C/C=C\C/C=C\C/C=C\C/C=C\C/C=C\CCCCCCCCC(=O)OC(COCCCCCCCC/C=C\CCCCCC)COC1OC(CO)C(O)C(OS(=O)(=O)O)C1O. The quantitative estimate of drug-likeness (QED) is 0.0197. The number of hydrogen-bond donors (Lipinski definition) is 4. The molecular formula is C53H90O12S. The Bertz CT molecular complexity index is 1470. The maximum absolute atomic E-state index is 12.9. The van der Waals surface area contributed by atoms with Gasteiger partial charge in [0.25, 0.3) is 0 Å². The van der Waals surface area contributed by atoms with Gasteiger partial charge in [-0.2, -0.15) is 8.42 Å². The summed E-state index contributed by atoms with van der Waals surface area (Å²) in [5.74, 6) is -0.419. The van der Waals surface area contributed by atoms with Crippen LogP contribution in [-0.2, 0) is 38.3 Å². The van der Waals surface area contributed by atoms with Crippen LogP contribution in [0.5, 0.6) is 0 Å². The fourth-order valence-corrected chi connectivity index (χ4v) is 7.71. The van der Waals surface area contributed by atoms with Gasteiger partial charge in [0.05, 0.1) is 19.8 Å². The molecule has 0 aromatic carbocycles. The smallest absolute Gasteiger partial charge is 0.397 e. The first-order chi connectivity index (χ1) is 32.1. The maximum atomic E-state index is 12.9. The lowest BCUT2D eigenvalue weighted by Crippen LogP contribution is -2.60. The summed E-state index contributed by atoms with van der Waals surface area (Å²) in [5.41, 5.74) is 0. The van der Waals surface area contributed by atoms with Gasteiger partial charge in [0.1, 0.15) is 30.5 Å².